The largest absolute Gasteiger partial charge is 0.477 e. The summed E-state index contributed by atoms with van der Waals surface area (Å²) in [5.41, 5.74) is 1.23. The number of fused-ring (bicyclic) bond motifs is 1. The van der Waals surface area contributed by atoms with Crippen LogP contribution in [0.4, 0.5) is 0 Å². The predicted octanol–water partition coefficient (Wildman–Crippen LogP) is -0.161. The Labute approximate surface area is 133 Å². The zero-order valence-electron chi connectivity index (χ0n) is 11.5. The van der Waals surface area contributed by atoms with Crippen LogP contribution in [0.5, 0.6) is 0 Å². The number of carboxylic acids is 1. The quantitative estimate of drug-likeness (QED) is 0.732. The van der Waals surface area contributed by atoms with Crippen molar-refractivity contribution in [3.8, 4) is 0 Å². The van der Waals surface area contributed by atoms with Crippen LogP contribution in [0.2, 0.25) is 0 Å². The third-order valence-corrected chi connectivity index (χ3v) is 5.37. The minimum absolute atomic E-state index is 0.0305. The Balaban J connectivity index is 1.68. The second kappa shape index (κ2) is 5.69. The molecule has 2 aliphatic heterocycles. The van der Waals surface area contributed by atoms with Crippen molar-refractivity contribution < 1.29 is 19.5 Å². The van der Waals surface area contributed by atoms with Gasteiger partial charge in [0.1, 0.15) is 17.1 Å². The van der Waals surface area contributed by atoms with Crippen molar-refractivity contribution in [3.63, 3.8) is 0 Å². The summed E-state index contributed by atoms with van der Waals surface area (Å²) >= 11 is 2.46. The van der Waals surface area contributed by atoms with Gasteiger partial charge < -0.3 is 10.4 Å². The molecule has 10 heteroatoms. The molecule has 0 bridgehead atoms. The molecular formula is C12H12N4O4S2. The standard InChI is InChI=1S/C12H12N4O4S2/c1-5-4-21-11-8(10(18)16(11)9(5)12(19)20)14-7(17)2-6-3-13-22-15-6/h3,8,11H,2,4H2,1H3,(H,14,17)(H,19,20)/t8?,11-/m0/s1. The highest BCUT2D eigenvalue weighted by Crippen LogP contribution is 2.40. The lowest BCUT2D eigenvalue weighted by molar-refractivity contribution is -0.150. The van der Waals surface area contributed by atoms with Gasteiger partial charge in [0.05, 0.1) is 30.0 Å². The molecule has 0 aromatic carbocycles. The van der Waals surface area contributed by atoms with Gasteiger partial charge in [-0.05, 0) is 12.5 Å². The molecule has 22 heavy (non-hydrogen) atoms. The SMILES string of the molecule is CC1=C(C(=O)O)N2C(=O)C(NC(=O)Cc3cnsn3)[C@@H]2SC1. The molecule has 1 aromatic rings. The first kappa shape index (κ1) is 15.0. The highest BCUT2D eigenvalue weighted by atomic mass is 32.2. The Bertz CT molecular complexity index is 673. The second-order valence-corrected chi connectivity index (χ2v) is 6.63. The molecule has 3 rings (SSSR count). The van der Waals surface area contributed by atoms with E-state index in [9.17, 15) is 19.5 Å². The van der Waals surface area contributed by atoms with E-state index in [0.717, 1.165) is 11.7 Å². The summed E-state index contributed by atoms with van der Waals surface area (Å²) in [5.74, 6) is -1.30. The van der Waals surface area contributed by atoms with Gasteiger partial charge in [-0.15, -0.1) is 11.8 Å². The smallest absolute Gasteiger partial charge is 0.352 e. The van der Waals surface area contributed by atoms with Gasteiger partial charge in [-0.3, -0.25) is 14.5 Å². The average molecular weight is 340 g/mol. The van der Waals surface area contributed by atoms with E-state index in [1.165, 1.54) is 22.9 Å². The number of thioether (sulfide) groups is 1. The lowest BCUT2D eigenvalue weighted by Crippen LogP contribution is -2.70. The highest BCUT2D eigenvalue weighted by Gasteiger charge is 2.53. The molecule has 1 saturated heterocycles. The van der Waals surface area contributed by atoms with Crippen LogP contribution in [0.25, 0.3) is 0 Å². The number of hydrogen-bond donors (Lipinski definition) is 2. The Hall–Kier alpha value is -1.94. The normalized spacial score (nSPS) is 23.9. The van der Waals surface area contributed by atoms with Crippen LogP contribution in [0.15, 0.2) is 17.5 Å². The number of aliphatic carboxylic acids is 1. The van der Waals surface area contributed by atoms with Crippen molar-refractivity contribution >= 4 is 41.3 Å². The summed E-state index contributed by atoms with van der Waals surface area (Å²) in [5, 5.41) is 11.5. The van der Waals surface area contributed by atoms with Gasteiger partial charge in [-0.1, -0.05) is 0 Å². The molecule has 0 radical (unpaired) electrons. The second-order valence-electron chi connectivity index (χ2n) is 4.96. The van der Waals surface area contributed by atoms with E-state index in [4.69, 9.17) is 0 Å². The first-order valence-corrected chi connectivity index (χ1v) is 8.20. The van der Waals surface area contributed by atoms with Crippen LogP contribution in [0.1, 0.15) is 12.6 Å². The maximum Gasteiger partial charge on any atom is 0.352 e. The van der Waals surface area contributed by atoms with Crippen molar-refractivity contribution in [1.29, 1.82) is 0 Å². The van der Waals surface area contributed by atoms with Crippen molar-refractivity contribution in [3.05, 3.63) is 23.2 Å². The monoisotopic (exact) mass is 340 g/mol. The van der Waals surface area contributed by atoms with Gasteiger partial charge in [0.25, 0.3) is 5.91 Å². The first-order valence-electron chi connectivity index (χ1n) is 6.42. The van der Waals surface area contributed by atoms with Crippen LogP contribution in [-0.2, 0) is 20.8 Å². The maximum atomic E-state index is 12.2. The maximum absolute atomic E-state index is 12.2. The van der Waals surface area contributed by atoms with Crippen molar-refractivity contribution in [1.82, 2.24) is 19.0 Å². The number of carboxylic acid groups (broad SMARTS) is 1. The molecule has 1 unspecified atom stereocenters. The number of nitrogens with zero attached hydrogens (tertiary/aromatic N) is 3. The minimum atomic E-state index is -1.12. The van der Waals surface area contributed by atoms with E-state index >= 15 is 0 Å². The van der Waals surface area contributed by atoms with E-state index in [0.29, 0.717) is 17.0 Å². The molecule has 116 valence electrons. The molecule has 0 aliphatic carbocycles. The lowest BCUT2D eigenvalue weighted by atomic mass is 10.0. The number of carbonyl (C=O) groups is 3. The van der Waals surface area contributed by atoms with Crippen LogP contribution in [0.3, 0.4) is 0 Å². The number of aromatic nitrogens is 2. The van der Waals surface area contributed by atoms with Crippen LogP contribution in [0, 0.1) is 0 Å². The van der Waals surface area contributed by atoms with E-state index in [-0.39, 0.29) is 23.4 Å². The number of carbonyl (C=O) groups excluding carboxylic acids is 2. The van der Waals surface area contributed by atoms with Crippen LogP contribution in [-0.4, -0.2) is 53.7 Å². The third-order valence-electron chi connectivity index (χ3n) is 3.43. The van der Waals surface area contributed by atoms with Crippen molar-refractivity contribution in [2.24, 2.45) is 0 Å². The van der Waals surface area contributed by atoms with Gasteiger partial charge in [0.15, 0.2) is 0 Å². The van der Waals surface area contributed by atoms with Crippen molar-refractivity contribution in [2.75, 3.05) is 5.75 Å². The van der Waals surface area contributed by atoms with Crippen molar-refractivity contribution in [2.45, 2.75) is 24.8 Å². The molecule has 0 spiro atoms. The molecule has 0 saturated carbocycles. The van der Waals surface area contributed by atoms with Gasteiger partial charge in [0.2, 0.25) is 5.91 Å². The topological polar surface area (TPSA) is 112 Å². The number of β-lactam (4-membered cyclic amide) rings is 1. The summed E-state index contributed by atoms with van der Waals surface area (Å²) in [6.45, 7) is 1.70. The number of hydrogen-bond acceptors (Lipinski definition) is 7. The number of rotatable bonds is 4. The number of amides is 2. The average Bonchev–Trinajstić information content (AvgIpc) is 2.97. The fourth-order valence-corrected chi connectivity index (χ4v) is 4.15. The molecule has 2 atom stereocenters. The molecule has 2 N–H and O–H groups in total. The summed E-state index contributed by atoms with van der Waals surface area (Å²) < 4.78 is 7.74. The Kier molecular flexibility index (Phi) is 3.87. The molecule has 8 nitrogen and oxygen atoms in total. The molecule has 1 fully saturated rings. The molecule has 3 heterocycles. The summed E-state index contributed by atoms with van der Waals surface area (Å²) in [6.07, 6.45) is 1.56. The lowest BCUT2D eigenvalue weighted by Gasteiger charge is -2.49. The van der Waals surface area contributed by atoms with Gasteiger partial charge in [-0.2, -0.15) is 8.75 Å². The van der Waals surface area contributed by atoms with E-state index in [1.807, 2.05) is 0 Å². The van der Waals surface area contributed by atoms with E-state index in [2.05, 4.69) is 14.1 Å². The Morgan fingerprint density at radius 2 is 2.32 bits per heavy atom. The van der Waals surface area contributed by atoms with Gasteiger partial charge in [0, 0.05) is 5.75 Å². The van der Waals surface area contributed by atoms with Gasteiger partial charge >= 0.3 is 5.97 Å². The fraction of sp³-hybridized carbons (Fsp3) is 0.417. The minimum Gasteiger partial charge on any atom is -0.477 e. The highest BCUT2D eigenvalue weighted by molar-refractivity contribution is 8.00. The number of nitrogens with one attached hydrogen (secondary N) is 1. The zero-order valence-corrected chi connectivity index (χ0v) is 13.1. The summed E-state index contributed by atoms with van der Waals surface area (Å²) in [6, 6.07) is -0.688. The van der Waals surface area contributed by atoms with Crippen LogP contribution < -0.4 is 5.32 Å². The van der Waals surface area contributed by atoms with E-state index in [1.54, 1.807) is 6.92 Å². The fourth-order valence-electron chi connectivity index (χ4n) is 2.43. The zero-order chi connectivity index (χ0) is 15.9. The Morgan fingerprint density at radius 3 is 2.95 bits per heavy atom. The molecular weight excluding hydrogens is 328 g/mol. The Morgan fingerprint density at radius 1 is 1.55 bits per heavy atom. The summed E-state index contributed by atoms with van der Waals surface area (Å²) in [7, 11) is 0. The summed E-state index contributed by atoms with van der Waals surface area (Å²) in [4.78, 5) is 36.6. The third kappa shape index (κ3) is 2.48. The molecule has 2 aliphatic rings. The predicted molar refractivity (Wildman–Crippen MR) is 79.0 cm³/mol. The molecule has 1 aromatic heterocycles. The van der Waals surface area contributed by atoms with Crippen LogP contribution >= 0.6 is 23.5 Å². The first-order chi connectivity index (χ1) is 10.5. The van der Waals surface area contributed by atoms with Gasteiger partial charge in [-0.25, -0.2) is 4.79 Å². The molecule has 2 amide bonds. The van der Waals surface area contributed by atoms with E-state index < -0.39 is 17.9 Å².